The van der Waals surface area contributed by atoms with Crippen molar-refractivity contribution < 1.29 is 8.42 Å². The molecule has 0 bridgehead atoms. The number of unbranched alkanes of at least 4 members (excludes halogenated alkanes) is 2. The first-order valence-corrected chi connectivity index (χ1v) is 5.65. The van der Waals surface area contributed by atoms with Gasteiger partial charge in [0.05, 0.1) is 6.26 Å². The van der Waals surface area contributed by atoms with E-state index in [1.807, 2.05) is 0 Å². The van der Waals surface area contributed by atoms with Gasteiger partial charge in [0, 0.05) is 6.54 Å². The van der Waals surface area contributed by atoms with E-state index in [1.165, 1.54) is 0 Å². The molecule has 4 nitrogen and oxygen atoms in total. The van der Waals surface area contributed by atoms with Gasteiger partial charge in [0.2, 0.25) is 10.0 Å². The zero-order valence-corrected chi connectivity index (χ0v) is 7.87. The molecule has 11 heavy (non-hydrogen) atoms. The summed E-state index contributed by atoms with van der Waals surface area (Å²) in [6.07, 6.45) is 4.39. The van der Waals surface area contributed by atoms with Crippen molar-refractivity contribution in [3.05, 3.63) is 0 Å². The first-order valence-electron chi connectivity index (χ1n) is 3.76. The van der Waals surface area contributed by atoms with Crippen LogP contribution < -0.4 is 10.3 Å². The molecule has 0 radical (unpaired) electrons. The highest BCUT2D eigenvalue weighted by molar-refractivity contribution is 7.88. The maximum Gasteiger partial charge on any atom is 0.221 e. The quantitative estimate of drug-likeness (QED) is 0.454. The largest absolute Gasteiger partial charge is 0.244 e. The van der Waals surface area contributed by atoms with Crippen molar-refractivity contribution in [3.63, 3.8) is 0 Å². The second kappa shape index (κ2) is 5.51. The number of hydrazine groups is 1. The van der Waals surface area contributed by atoms with Gasteiger partial charge in [-0.3, -0.25) is 0 Å². The standard InChI is InChI=1S/C6H16N2O2S/c1-3-4-5-6-7-8-11(2,9)10/h7-8H,3-6H2,1-2H3. The molecule has 0 aliphatic carbocycles. The molecule has 0 fully saturated rings. The van der Waals surface area contributed by atoms with E-state index >= 15 is 0 Å². The predicted molar refractivity (Wildman–Crippen MR) is 45.5 cm³/mol. The van der Waals surface area contributed by atoms with Crippen molar-refractivity contribution in [2.45, 2.75) is 26.2 Å². The van der Waals surface area contributed by atoms with Crippen LogP contribution in [0.3, 0.4) is 0 Å². The maximum absolute atomic E-state index is 10.5. The molecule has 0 rings (SSSR count). The topological polar surface area (TPSA) is 58.2 Å². The average Bonchev–Trinajstić information content (AvgIpc) is 1.85. The smallest absolute Gasteiger partial charge is 0.221 e. The molecular weight excluding hydrogens is 164 g/mol. The Kier molecular flexibility index (Phi) is 5.45. The van der Waals surface area contributed by atoms with Crippen molar-refractivity contribution in [1.82, 2.24) is 10.3 Å². The van der Waals surface area contributed by atoms with E-state index in [0.29, 0.717) is 6.54 Å². The Labute approximate surface area is 68.4 Å². The van der Waals surface area contributed by atoms with E-state index < -0.39 is 10.0 Å². The van der Waals surface area contributed by atoms with E-state index in [0.717, 1.165) is 25.5 Å². The van der Waals surface area contributed by atoms with Crippen LogP contribution in [-0.4, -0.2) is 21.2 Å². The summed E-state index contributed by atoms with van der Waals surface area (Å²) >= 11 is 0. The number of hydrogen-bond acceptors (Lipinski definition) is 3. The second-order valence-corrected chi connectivity index (χ2v) is 4.26. The normalized spacial score (nSPS) is 11.8. The Morgan fingerprint density at radius 1 is 1.27 bits per heavy atom. The third-order valence-corrected chi connectivity index (χ3v) is 1.68. The van der Waals surface area contributed by atoms with Crippen LogP contribution in [0.4, 0.5) is 0 Å². The van der Waals surface area contributed by atoms with Crippen molar-refractivity contribution >= 4 is 10.0 Å². The highest BCUT2D eigenvalue weighted by atomic mass is 32.2. The molecule has 0 aromatic heterocycles. The minimum Gasteiger partial charge on any atom is -0.244 e. The van der Waals surface area contributed by atoms with Gasteiger partial charge in [-0.1, -0.05) is 19.8 Å². The fourth-order valence-electron chi connectivity index (χ4n) is 0.646. The molecule has 68 valence electrons. The van der Waals surface area contributed by atoms with Crippen LogP contribution in [0.5, 0.6) is 0 Å². The lowest BCUT2D eigenvalue weighted by Crippen LogP contribution is -2.36. The Balaban J connectivity index is 3.16. The second-order valence-electron chi connectivity index (χ2n) is 2.51. The van der Waals surface area contributed by atoms with Gasteiger partial charge in [0.15, 0.2) is 0 Å². The molecule has 0 amide bonds. The predicted octanol–water partition coefficient (Wildman–Crippen LogP) is 0.230. The Morgan fingerprint density at radius 3 is 2.36 bits per heavy atom. The van der Waals surface area contributed by atoms with Gasteiger partial charge in [0.25, 0.3) is 0 Å². The van der Waals surface area contributed by atoms with E-state index in [2.05, 4.69) is 17.2 Å². The summed E-state index contributed by atoms with van der Waals surface area (Å²) in [4.78, 5) is 2.20. The van der Waals surface area contributed by atoms with Crippen molar-refractivity contribution in [2.24, 2.45) is 0 Å². The highest BCUT2D eigenvalue weighted by Gasteiger charge is 1.96. The number of rotatable bonds is 6. The molecule has 0 atom stereocenters. The first-order chi connectivity index (χ1) is 5.06. The van der Waals surface area contributed by atoms with Crippen molar-refractivity contribution in [3.8, 4) is 0 Å². The van der Waals surface area contributed by atoms with Crippen LogP contribution in [-0.2, 0) is 10.0 Å². The van der Waals surface area contributed by atoms with Gasteiger partial charge in [-0.05, 0) is 6.42 Å². The van der Waals surface area contributed by atoms with Gasteiger partial charge in [-0.25, -0.2) is 13.8 Å². The molecule has 0 unspecified atom stereocenters. The maximum atomic E-state index is 10.5. The van der Waals surface area contributed by atoms with Crippen LogP contribution in [0.15, 0.2) is 0 Å². The molecule has 0 saturated heterocycles. The van der Waals surface area contributed by atoms with Crippen LogP contribution in [0.25, 0.3) is 0 Å². The lowest BCUT2D eigenvalue weighted by atomic mass is 10.3. The lowest BCUT2D eigenvalue weighted by molar-refractivity contribution is 0.548. The fraction of sp³-hybridized carbons (Fsp3) is 1.00. The molecular formula is C6H16N2O2S. The van der Waals surface area contributed by atoms with Crippen molar-refractivity contribution in [2.75, 3.05) is 12.8 Å². The zero-order chi connectivity index (χ0) is 8.74. The van der Waals surface area contributed by atoms with Gasteiger partial charge < -0.3 is 0 Å². The number of sulfonamides is 1. The minimum atomic E-state index is -3.07. The Bertz CT molecular complexity index is 177. The lowest BCUT2D eigenvalue weighted by Gasteiger charge is -2.02. The SMILES string of the molecule is CCCCCNNS(C)(=O)=O. The molecule has 0 spiro atoms. The summed E-state index contributed by atoms with van der Waals surface area (Å²) in [5.74, 6) is 0. The molecule has 0 saturated carbocycles. The monoisotopic (exact) mass is 180 g/mol. The summed E-state index contributed by atoms with van der Waals surface area (Å²) < 4.78 is 21.0. The molecule has 2 N–H and O–H groups in total. The van der Waals surface area contributed by atoms with Crippen LogP contribution in [0, 0.1) is 0 Å². The molecule has 0 heterocycles. The summed E-state index contributed by atoms with van der Waals surface area (Å²) in [5, 5.41) is 0. The summed E-state index contributed by atoms with van der Waals surface area (Å²) in [6.45, 7) is 2.80. The van der Waals surface area contributed by atoms with E-state index in [4.69, 9.17) is 0 Å². The van der Waals surface area contributed by atoms with Gasteiger partial charge in [0.1, 0.15) is 0 Å². The van der Waals surface area contributed by atoms with E-state index in [9.17, 15) is 8.42 Å². The summed E-state index contributed by atoms with van der Waals surface area (Å²) in [6, 6.07) is 0. The molecule has 0 aliphatic heterocycles. The van der Waals surface area contributed by atoms with Crippen LogP contribution in [0.1, 0.15) is 26.2 Å². The minimum absolute atomic E-state index is 0.695. The highest BCUT2D eigenvalue weighted by Crippen LogP contribution is 1.90. The fourth-order valence-corrected chi connectivity index (χ4v) is 1.01. The van der Waals surface area contributed by atoms with Gasteiger partial charge >= 0.3 is 0 Å². The summed E-state index contributed by atoms with van der Waals surface area (Å²) in [7, 11) is -3.07. The van der Waals surface area contributed by atoms with E-state index in [1.54, 1.807) is 0 Å². The van der Waals surface area contributed by atoms with Crippen LogP contribution >= 0.6 is 0 Å². The summed E-state index contributed by atoms with van der Waals surface area (Å²) in [5.41, 5.74) is 2.62. The number of hydrogen-bond donors (Lipinski definition) is 2. The molecule has 0 aliphatic rings. The molecule has 0 aromatic rings. The first kappa shape index (κ1) is 10.9. The van der Waals surface area contributed by atoms with Gasteiger partial charge in [-0.15, -0.1) is 0 Å². The average molecular weight is 180 g/mol. The third-order valence-electron chi connectivity index (χ3n) is 1.16. The van der Waals surface area contributed by atoms with Crippen LogP contribution in [0.2, 0.25) is 0 Å². The zero-order valence-electron chi connectivity index (χ0n) is 7.05. The Hall–Kier alpha value is -0.130. The molecule has 5 heteroatoms. The van der Waals surface area contributed by atoms with Crippen molar-refractivity contribution in [1.29, 1.82) is 0 Å². The number of nitrogens with one attached hydrogen (secondary N) is 2. The Morgan fingerprint density at radius 2 is 1.91 bits per heavy atom. The molecule has 0 aromatic carbocycles. The van der Waals surface area contributed by atoms with E-state index in [-0.39, 0.29) is 0 Å². The third kappa shape index (κ3) is 9.87. The van der Waals surface area contributed by atoms with Gasteiger partial charge in [-0.2, -0.15) is 4.83 Å².